The van der Waals surface area contributed by atoms with Crippen LogP contribution in [-0.2, 0) is 4.79 Å². The Morgan fingerprint density at radius 3 is 2.47 bits per heavy atom. The number of rotatable bonds is 3. The molecule has 0 aliphatic carbocycles. The molecule has 6 nitrogen and oxygen atoms in total. The molecule has 19 heavy (non-hydrogen) atoms. The highest BCUT2D eigenvalue weighted by Gasteiger charge is 2.28. The number of benzene rings is 1. The molecule has 0 aromatic heterocycles. The van der Waals surface area contributed by atoms with E-state index in [1.54, 1.807) is 20.8 Å². The van der Waals surface area contributed by atoms with Gasteiger partial charge in [0.25, 0.3) is 5.69 Å². The van der Waals surface area contributed by atoms with Gasteiger partial charge < -0.3 is 11.1 Å². The van der Waals surface area contributed by atoms with Crippen LogP contribution in [0.4, 0.5) is 15.8 Å². The number of carbonyl (C=O) groups is 1. The molecule has 1 aromatic carbocycles. The first-order valence-corrected chi connectivity index (χ1v) is 5.63. The Balaban J connectivity index is 2.89. The quantitative estimate of drug-likeness (QED) is 0.648. The molecule has 104 valence electrons. The van der Waals surface area contributed by atoms with Crippen molar-refractivity contribution in [3.8, 4) is 0 Å². The van der Waals surface area contributed by atoms with Gasteiger partial charge in [0.15, 0.2) is 5.82 Å². The van der Waals surface area contributed by atoms with Crippen LogP contribution in [0, 0.1) is 21.3 Å². The lowest BCUT2D eigenvalue weighted by molar-refractivity contribution is -0.385. The summed E-state index contributed by atoms with van der Waals surface area (Å²) in [6.07, 6.45) is 0. The van der Waals surface area contributed by atoms with Gasteiger partial charge in [-0.15, -0.1) is 0 Å². The summed E-state index contributed by atoms with van der Waals surface area (Å²) in [5.41, 5.74) is 4.75. The number of nitrogens with zero attached hydrogens (tertiary/aromatic N) is 1. The third-order valence-corrected chi connectivity index (χ3v) is 2.64. The van der Waals surface area contributed by atoms with Crippen LogP contribution in [0.1, 0.15) is 20.8 Å². The highest BCUT2D eigenvalue weighted by atomic mass is 19.1. The molecular weight excluding hydrogens is 253 g/mol. The monoisotopic (exact) mass is 269 g/mol. The number of hydrogen-bond donors (Lipinski definition) is 2. The van der Waals surface area contributed by atoms with E-state index >= 15 is 0 Å². The summed E-state index contributed by atoms with van der Waals surface area (Å²) in [5, 5.41) is 12.8. The minimum Gasteiger partial charge on any atom is -0.322 e. The summed E-state index contributed by atoms with van der Waals surface area (Å²) >= 11 is 0. The van der Waals surface area contributed by atoms with Crippen LogP contribution in [0.3, 0.4) is 0 Å². The molecule has 7 heteroatoms. The second kappa shape index (κ2) is 5.31. The molecule has 0 heterocycles. The van der Waals surface area contributed by atoms with Crippen LogP contribution in [0.5, 0.6) is 0 Å². The zero-order valence-electron chi connectivity index (χ0n) is 10.9. The number of amides is 1. The zero-order valence-corrected chi connectivity index (χ0v) is 10.9. The standard InChI is InChI=1S/C12H16FN3O3/c1-12(2,3)10(14)11(17)15-9-5-4-7(16(18)19)6-8(9)13/h4-6,10H,14H2,1-3H3,(H,15,17)/t10-/m0/s1. The van der Waals surface area contributed by atoms with E-state index in [4.69, 9.17) is 5.73 Å². The minimum atomic E-state index is -0.872. The lowest BCUT2D eigenvalue weighted by atomic mass is 9.87. The number of nitrogens with one attached hydrogen (secondary N) is 1. The molecule has 1 rings (SSSR count). The summed E-state index contributed by atoms with van der Waals surface area (Å²) in [4.78, 5) is 21.5. The van der Waals surface area contributed by atoms with Crippen molar-refractivity contribution in [1.29, 1.82) is 0 Å². The topological polar surface area (TPSA) is 98.3 Å². The number of hydrogen-bond acceptors (Lipinski definition) is 4. The van der Waals surface area contributed by atoms with Gasteiger partial charge in [0.05, 0.1) is 22.7 Å². The third kappa shape index (κ3) is 3.72. The normalized spacial score (nSPS) is 12.9. The van der Waals surface area contributed by atoms with Crippen LogP contribution in [0.2, 0.25) is 0 Å². The molecule has 1 amide bonds. The number of carbonyl (C=O) groups excluding carboxylic acids is 1. The molecule has 0 fully saturated rings. The summed E-state index contributed by atoms with van der Waals surface area (Å²) in [6, 6.07) is 2.18. The molecule has 0 aliphatic heterocycles. The molecule has 0 aliphatic rings. The Labute approximate surface area is 109 Å². The zero-order chi connectivity index (χ0) is 14.8. The van der Waals surface area contributed by atoms with Gasteiger partial charge in [-0.05, 0) is 11.5 Å². The van der Waals surface area contributed by atoms with Gasteiger partial charge >= 0.3 is 0 Å². The lowest BCUT2D eigenvalue weighted by Crippen LogP contribution is -2.45. The minimum absolute atomic E-state index is 0.129. The van der Waals surface area contributed by atoms with Crippen LogP contribution in [0.15, 0.2) is 18.2 Å². The maximum absolute atomic E-state index is 13.6. The number of halogens is 1. The molecule has 0 radical (unpaired) electrons. The van der Waals surface area contributed by atoms with Crippen molar-refractivity contribution < 1.29 is 14.1 Å². The predicted molar refractivity (Wildman–Crippen MR) is 69.1 cm³/mol. The van der Waals surface area contributed by atoms with E-state index < -0.39 is 28.1 Å². The number of nitrogens with two attached hydrogens (primary N) is 1. The van der Waals surface area contributed by atoms with Gasteiger partial charge in [-0.1, -0.05) is 20.8 Å². The van der Waals surface area contributed by atoms with Crippen LogP contribution in [-0.4, -0.2) is 16.9 Å². The highest BCUT2D eigenvalue weighted by molar-refractivity contribution is 5.95. The molecule has 0 saturated carbocycles. The summed E-state index contributed by atoms with van der Waals surface area (Å²) in [7, 11) is 0. The number of anilines is 1. The molecule has 1 atom stereocenters. The molecular formula is C12H16FN3O3. The van der Waals surface area contributed by atoms with Gasteiger partial charge in [-0.3, -0.25) is 14.9 Å². The van der Waals surface area contributed by atoms with Gasteiger partial charge in [0.1, 0.15) is 0 Å². The van der Waals surface area contributed by atoms with Gasteiger partial charge in [0, 0.05) is 6.07 Å². The smallest absolute Gasteiger partial charge is 0.272 e. The highest BCUT2D eigenvalue weighted by Crippen LogP contribution is 2.22. The lowest BCUT2D eigenvalue weighted by Gasteiger charge is -2.25. The Morgan fingerprint density at radius 1 is 1.47 bits per heavy atom. The van der Waals surface area contributed by atoms with Crippen molar-refractivity contribution in [3.05, 3.63) is 34.1 Å². The Morgan fingerprint density at radius 2 is 2.05 bits per heavy atom. The van der Waals surface area contributed by atoms with Gasteiger partial charge in [-0.25, -0.2) is 4.39 Å². The van der Waals surface area contributed by atoms with Crippen LogP contribution >= 0.6 is 0 Å². The van der Waals surface area contributed by atoms with E-state index in [0.717, 1.165) is 18.2 Å². The number of nitro benzene ring substituents is 1. The molecule has 0 unspecified atom stereocenters. The maximum atomic E-state index is 13.6. The molecule has 1 aromatic rings. The van der Waals surface area contributed by atoms with Gasteiger partial charge in [-0.2, -0.15) is 0 Å². The van der Waals surface area contributed by atoms with E-state index in [0.29, 0.717) is 0 Å². The summed E-state index contributed by atoms with van der Waals surface area (Å²) in [6.45, 7) is 5.34. The Hall–Kier alpha value is -2.02. The van der Waals surface area contributed by atoms with Crippen molar-refractivity contribution in [2.24, 2.45) is 11.1 Å². The molecule has 0 bridgehead atoms. The summed E-state index contributed by atoms with van der Waals surface area (Å²) < 4.78 is 13.6. The SMILES string of the molecule is CC(C)(C)[C@@H](N)C(=O)Nc1ccc([N+](=O)[O-])cc1F. The van der Waals surface area contributed by atoms with Crippen molar-refractivity contribution in [1.82, 2.24) is 0 Å². The summed E-state index contributed by atoms with van der Waals surface area (Å²) in [5.74, 6) is -1.41. The maximum Gasteiger partial charge on any atom is 0.272 e. The van der Waals surface area contributed by atoms with Crippen LogP contribution in [0.25, 0.3) is 0 Å². The predicted octanol–water partition coefficient (Wildman–Crippen LogP) is 2.05. The van der Waals surface area contributed by atoms with Crippen molar-refractivity contribution in [2.75, 3.05) is 5.32 Å². The first-order valence-electron chi connectivity index (χ1n) is 5.63. The van der Waals surface area contributed by atoms with Gasteiger partial charge in [0.2, 0.25) is 5.91 Å². The first-order chi connectivity index (χ1) is 8.62. The average molecular weight is 269 g/mol. The Bertz CT molecular complexity index is 511. The van der Waals surface area contributed by atoms with Crippen molar-refractivity contribution in [2.45, 2.75) is 26.8 Å². The molecule has 0 saturated heterocycles. The van der Waals surface area contributed by atoms with Crippen LogP contribution < -0.4 is 11.1 Å². The van der Waals surface area contributed by atoms with Crippen molar-refractivity contribution >= 4 is 17.3 Å². The van der Waals surface area contributed by atoms with Crippen molar-refractivity contribution in [3.63, 3.8) is 0 Å². The second-order valence-corrected chi connectivity index (χ2v) is 5.25. The van der Waals surface area contributed by atoms with E-state index in [1.807, 2.05) is 0 Å². The number of non-ortho nitro benzene ring substituents is 1. The fourth-order valence-electron chi connectivity index (χ4n) is 1.32. The molecule has 0 spiro atoms. The fraction of sp³-hybridized carbons (Fsp3) is 0.417. The average Bonchev–Trinajstić information content (AvgIpc) is 2.29. The molecule has 3 N–H and O–H groups in total. The first kappa shape index (κ1) is 15.0. The van der Waals surface area contributed by atoms with E-state index in [-0.39, 0.29) is 11.4 Å². The fourth-order valence-corrected chi connectivity index (χ4v) is 1.32. The van der Waals surface area contributed by atoms with E-state index in [1.165, 1.54) is 0 Å². The third-order valence-electron chi connectivity index (χ3n) is 2.64. The van der Waals surface area contributed by atoms with E-state index in [2.05, 4.69) is 5.32 Å². The Kier molecular flexibility index (Phi) is 4.21. The second-order valence-electron chi connectivity index (χ2n) is 5.25. The van der Waals surface area contributed by atoms with E-state index in [9.17, 15) is 19.3 Å². The number of nitro groups is 1. The largest absolute Gasteiger partial charge is 0.322 e.